The zero-order chi connectivity index (χ0) is 14.1. The molecule has 0 amide bonds. The summed E-state index contributed by atoms with van der Waals surface area (Å²) < 4.78 is 24.8. The Labute approximate surface area is 128 Å². The minimum atomic E-state index is -0.441. The molecule has 3 rings (SSSR count). The lowest BCUT2D eigenvalue weighted by Gasteiger charge is -2.09. The highest BCUT2D eigenvalue weighted by Gasteiger charge is 2.17. The number of rotatable bonds is 3. The van der Waals surface area contributed by atoms with E-state index in [0.29, 0.717) is 23.7 Å². The van der Waals surface area contributed by atoms with Crippen LogP contribution in [0.4, 0.5) is 10.1 Å². The van der Waals surface area contributed by atoms with Crippen molar-refractivity contribution in [2.45, 2.75) is 6.54 Å². The molecule has 1 N–H and O–H groups in total. The van der Waals surface area contributed by atoms with Crippen molar-refractivity contribution in [3.05, 3.63) is 51.2 Å². The molecule has 0 radical (unpaired) electrons. The maximum Gasteiger partial charge on any atom is 0.231 e. The third kappa shape index (κ3) is 2.69. The zero-order valence-electron chi connectivity index (χ0n) is 10.3. The van der Waals surface area contributed by atoms with Crippen LogP contribution in [0.3, 0.4) is 0 Å². The molecule has 0 unspecified atom stereocenters. The van der Waals surface area contributed by atoms with Crippen molar-refractivity contribution in [2.24, 2.45) is 0 Å². The van der Waals surface area contributed by atoms with E-state index >= 15 is 0 Å². The molecule has 1 aliphatic rings. The highest BCUT2D eigenvalue weighted by molar-refractivity contribution is 9.10. The number of benzene rings is 2. The highest BCUT2D eigenvalue weighted by Crippen LogP contribution is 2.40. The molecule has 20 heavy (non-hydrogen) atoms. The Morgan fingerprint density at radius 2 is 2.10 bits per heavy atom. The smallest absolute Gasteiger partial charge is 0.231 e. The number of halogens is 3. The first-order valence-corrected chi connectivity index (χ1v) is 7.07. The summed E-state index contributed by atoms with van der Waals surface area (Å²) in [6.07, 6.45) is 0. The molecule has 0 bridgehead atoms. The fourth-order valence-electron chi connectivity index (χ4n) is 1.93. The predicted molar refractivity (Wildman–Crippen MR) is 79.0 cm³/mol. The van der Waals surface area contributed by atoms with Crippen molar-refractivity contribution < 1.29 is 13.9 Å². The van der Waals surface area contributed by atoms with E-state index in [1.165, 1.54) is 12.1 Å². The van der Waals surface area contributed by atoms with Crippen molar-refractivity contribution in [1.29, 1.82) is 0 Å². The molecule has 0 aromatic heterocycles. The minimum absolute atomic E-state index is 0.112. The van der Waals surface area contributed by atoms with Crippen LogP contribution < -0.4 is 14.8 Å². The predicted octanol–water partition coefficient (Wildman–Crippen LogP) is 4.58. The molecule has 3 nitrogen and oxygen atoms in total. The highest BCUT2D eigenvalue weighted by atomic mass is 79.9. The first kappa shape index (κ1) is 13.5. The summed E-state index contributed by atoms with van der Waals surface area (Å²) >= 11 is 9.08. The van der Waals surface area contributed by atoms with Crippen molar-refractivity contribution >= 4 is 33.2 Å². The monoisotopic (exact) mass is 357 g/mol. The van der Waals surface area contributed by atoms with Gasteiger partial charge < -0.3 is 14.8 Å². The Kier molecular flexibility index (Phi) is 3.72. The van der Waals surface area contributed by atoms with Crippen LogP contribution in [0.2, 0.25) is 5.02 Å². The Morgan fingerprint density at radius 1 is 1.25 bits per heavy atom. The van der Waals surface area contributed by atoms with E-state index in [4.69, 9.17) is 21.1 Å². The SMILES string of the molecule is Fc1cc(NCc2cc(Br)c3c(c2)OCO3)ccc1Cl. The van der Waals surface area contributed by atoms with Crippen LogP contribution >= 0.6 is 27.5 Å². The van der Waals surface area contributed by atoms with E-state index in [1.807, 2.05) is 12.1 Å². The molecule has 0 fully saturated rings. The van der Waals surface area contributed by atoms with Gasteiger partial charge in [0.05, 0.1) is 9.50 Å². The van der Waals surface area contributed by atoms with Crippen LogP contribution in [0.25, 0.3) is 0 Å². The van der Waals surface area contributed by atoms with Gasteiger partial charge in [0.2, 0.25) is 6.79 Å². The van der Waals surface area contributed by atoms with Crippen molar-refractivity contribution in [2.75, 3.05) is 12.1 Å². The number of ether oxygens (including phenoxy) is 2. The number of nitrogens with one attached hydrogen (secondary N) is 1. The van der Waals surface area contributed by atoms with Gasteiger partial charge in [-0.15, -0.1) is 0 Å². The van der Waals surface area contributed by atoms with Gasteiger partial charge in [0.1, 0.15) is 5.82 Å². The Morgan fingerprint density at radius 3 is 2.90 bits per heavy atom. The maximum absolute atomic E-state index is 13.3. The molecular weight excluding hydrogens is 349 g/mol. The quantitative estimate of drug-likeness (QED) is 0.871. The molecule has 2 aromatic rings. The number of hydrogen-bond acceptors (Lipinski definition) is 3. The molecule has 0 atom stereocenters. The molecule has 2 aromatic carbocycles. The van der Waals surface area contributed by atoms with Crippen LogP contribution in [-0.4, -0.2) is 6.79 Å². The number of anilines is 1. The normalized spacial score (nSPS) is 12.6. The van der Waals surface area contributed by atoms with Crippen molar-refractivity contribution in [3.8, 4) is 11.5 Å². The molecular formula is C14H10BrClFNO2. The van der Waals surface area contributed by atoms with Gasteiger partial charge in [-0.2, -0.15) is 0 Å². The molecule has 6 heteroatoms. The van der Waals surface area contributed by atoms with Crippen LogP contribution in [-0.2, 0) is 6.54 Å². The van der Waals surface area contributed by atoms with E-state index in [-0.39, 0.29) is 11.8 Å². The molecule has 1 heterocycles. The molecule has 0 aliphatic carbocycles. The lowest BCUT2D eigenvalue weighted by molar-refractivity contribution is 0.173. The lowest BCUT2D eigenvalue weighted by atomic mass is 10.2. The average Bonchev–Trinajstić information content (AvgIpc) is 2.89. The summed E-state index contributed by atoms with van der Waals surface area (Å²) in [5.41, 5.74) is 1.66. The summed E-state index contributed by atoms with van der Waals surface area (Å²) in [4.78, 5) is 0. The molecule has 0 saturated heterocycles. The Balaban J connectivity index is 1.75. The second-order valence-electron chi connectivity index (χ2n) is 4.29. The standard InChI is InChI=1S/C14H10BrClFNO2/c15-10-3-8(4-13-14(10)20-7-19-13)6-18-9-1-2-11(16)12(17)5-9/h1-5,18H,6-7H2. The van der Waals surface area contributed by atoms with E-state index in [0.717, 1.165) is 10.0 Å². The van der Waals surface area contributed by atoms with Gasteiger partial charge in [0, 0.05) is 12.2 Å². The second-order valence-corrected chi connectivity index (χ2v) is 5.56. The summed E-state index contributed by atoms with van der Waals surface area (Å²) in [6.45, 7) is 0.767. The van der Waals surface area contributed by atoms with Crippen LogP contribution in [0, 0.1) is 5.82 Å². The maximum atomic E-state index is 13.3. The number of hydrogen-bond donors (Lipinski definition) is 1. The third-order valence-corrected chi connectivity index (χ3v) is 3.80. The molecule has 0 saturated carbocycles. The first-order chi connectivity index (χ1) is 9.63. The van der Waals surface area contributed by atoms with E-state index in [9.17, 15) is 4.39 Å². The molecule has 1 aliphatic heterocycles. The summed E-state index contributed by atoms with van der Waals surface area (Å²) in [7, 11) is 0. The molecule has 0 spiro atoms. The van der Waals surface area contributed by atoms with Gasteiger partial charge in [0.25, 0.3) is 0 Å². The summed E-state index contributed by atoms with van der Waals surface area (Å²) in [6, 6.07) is 8.45. The van der Waals surface area contributed by atoms with Crippen LogP contribution in [0.15, 0.2) is 34.8 Å². The fraction of sp³-hybridized carbons (Fsp3) is 0.143. The van der Waals surface area contributed by atoms with E-state index in [2.05, 4.69) is 21.2 Å². The zero-order valence-corrected chi connectivity index (χ0v) is 12.6. The molecule has 104 valence electrons. The van der Waals surface area contributed by atoms with Crippen LogP contribution in [0.5, 0.6) is 11.5 Å². The Bertz CT molecular complexity index is 666. The largest absolute Gasteiger partial charge is 0.454 e. The van der Waals surface area contributed by atoms with Gasteiger partial charge in [-0.1, -0.05) is 11.6 Å². The van der Waals surface area contributed by atoms with E-state index < -0.39 is 5.82 Å². The average molecular weight is 359 g/mol. The van der Waals surface area contributed by atoms with Gasteiger partial charge in [-0.05, 0) is 51.8 Å². The summed E-state index contributed by atoms with van der Waals surface area (Å²) in [5, 5.41) is 3.24. The van der Waals surface area contributed by atoms with Gasteiger partial charge in [0.15, 0.2) is 11.5 Å². The van der Waals surface area contributed by atoms with E-state index in [1.54, 1.807) is 6.07 Å². The fourth-order valence-corrected chi connectivity index (χ4v) is 2.65. The van der Waals surface area contributed by atoms with Crippen LogP contribution in [0.1, 0.15) is 5.56 Å². The van der Waals surface area contributed by atoms with Crippen molar-refractivity contribution in [1.82, 2.24) is 0 Å². The second kappa shape index (κ2) is 5.50. The summed E-state index contributed by atoms with van der Waals surface area (Å²) in [5.74, 6) is 0.980. The Hall–Kier alpha value is -1.46. The number of fused-ring (bicyclic) bond motifs is 1. The topological polar surface area (TPSA) is 30.5 Å². The third-order valence-electron chi connectivity index (χ3n) is 2.90. The van der Waals surface area contributed by atoms with Gasteiger partial charge in [-0.3, -0.25) is 0 Å². The van der Waals surface area contributed by atoms with Gasteiger partial charge >= 0.3 is 0 Å². The van der Waals surface area contributed by atoms with Crippen molar-refractivity contribution in [3.63, 3.8) is 0 Å². The lowest BCUT2D eigenvalue weighted by Crippen LogP contribution is -2.00. The minimum Gasteiger partial charge on any atom is -0.454 e. The van der Waals surface area contributed by atoms with Gasteiger partial charge in [-0.25, -0.2) is 4.39 Å². The first-order valence-electron chi connectivity index (χ1n) is 5.90.